The molecule has 17 heteroatoms. The monoisotopic (exact) mass is 782 g/mol. The molecule has 0 unspecified atom stereocenters. The smallest absolute Gasteiger partial charge is 0.326 e. The van der Waals surface area contributed by atoms with E-state index in [-0.39, 0.29) is 37.9 Å². The number of aromatic hydroxyl groups is 1. The molecule has 0 aliphatic heterocycles. The number of aliphatic carboxylic acids is 1. The van der Waals surface area contributed by atoms with Gasteiger partial charge in [0.25, 0.3) is 0 Å². The molecule has 0 aromatic heterocycles. The zero-order valence-electron chi connectivity index (χ0n) is 32.1. The molecule has 2 aromatic carbocycles. The Bertz CT molecular complexity index is 1590. The van der Waals surface area contributed by atoms with Crippen molar-refractivity contribution in [2.45, 2.75) is 101 Å². The molecule has 0 radical (unpaired) electrons. The van der Waals surface area contributed by atoms with Gasteiger partial charge in [0.05, 0.1) is 13.2 Å². The number of phenolic OH excluding ortho intramolecular Hbond substituents is 1. The van der Waals surface area contributed by atoms with Crippen LogP contribution in [0.1, 0.15) is 63.0 Å². The van der Waals surface area contributed by atoms with Crippen LogP contribution in [-0.2, 0) is 41.6 Å². The Morgan fingerprint density at radius 3 is 1.54 bits per heavy atom. The van der Waals surface area contributed by atoms with Crippen molar-refractivity contribution in [3.05, 3.63) is 72.3 Å². The van der Waals surface area contributed by atoms with Crippen LogP contribution in [0.25, 0.3) is 0 Å². The number of carboxylic acids is 1. The van der Waals surface area contributed by atoms with Gasteiger partial charge in [-0.1, -0.05) is 30.3 Å². The van der Waals surface area contributed by atoms with E-state index in [2.05, 4.69) is 33.2 Å². The van der Waals surface area contributed by atoms with Crippen molar-refractivity contribution in [1.82, 2.24) is 26.6 Å². The summed E-state index contributed by atoms with van der Waals surface area (Å²) in [5, 5.41) is 32.9. The number of nitrogens with one attached hydrogen (secondary N) is 5. The van der Waals surface area contributed by atoms with Crippen molar-refractivity contribution in [2.75, 3.05) is 20.2 Å². The summed E-state index contributed by atoms with van der Waals surface area (Å²) in [4.78, 5) is 79.5. The molecule has 0 aliphatic carbocycles. The molecule has 2 aromatic rings. The molecule has 308 valence electrons. The van der Waals surface area contributed by atoms with Crippen LogP contribution in [0.4, 0.5) is 0 Å². The summed E-state index contributed by atoms with van der Waals surface area (Å²) in [6.07, 6.45) is 3.67. The molecule has 0 heterocycles. The van der Waals surface area contributed by atoms with E-state index < -0.39 is 71.8 Å². The first kappa shape index (κ1) is 46.6. The van der Waals surface area contributed by atoms with Gasteiger partial charge in [0.2, 0.25) is 29.5 Å². The maximum Gasteiger partial charge on any atom is 0.326 e. The molecular formula is C39H58N8O9. The highest BCUT2D eigenvalue weighted by Gasteiger charge is 2.32. The zero-order valence-corrected chi connectivity index (χ0v) is 32.1. The summed E-state index contributed by atoms with van der Waals surface area (Å²) >= 11 is 0. The molecular weight excluding hydrogens is 724 g/mol. The number of carboxylic acid groups (broad SMARTS) is 1. The number of nitrogens with two attached hydrogens (primary N) is 3. The summed E-state index contributed by atoms with van der Waals surface area (Å²) in [5.74, 6) is -4.23. The average molecular weight is 783 g/mol. The highest BCUT2D eigenvalue weighted by molar-refractivity contribution is 5.96. The Balaban J connectivity index is 2.33. The first-order valence-corrected chi connectivity index (χ1v) is 18.6. The van der Waals surface area contributed by atoms with Crippen molar-refractivity contribution in [2.24, 2.45) is 17.2 Å². The molecule has 0 aliphatic rings. The zero-order chi connectivity index (χ0) is 41.6. The number of methoxy groups -OCH3 is 1. The third-order valence-electron chi connectivity index (χ3n) is 8.83. The molecule has 5 amide bonds. The van der Waals surface area contributed by atoms with Crippen LogP contribution in [-0.4, -0.2) is 102 Å². The van der Waals surface area contributed by atoms with Crippen LogP contribution in [0.3, 0.4) is 0 Å². The van der Waals surface area contributed by atoms with Crippen molar-refractivity contribution >= 4 is 35.5 Å². The number of rotatable bonds is 26. The lowest BCUT2D eigenvalue weighted by Crippen LogP contribution is -2.59. The SMILES string of the molecule is C=CC[C@H](NC(=O)[C@H](CCCCN)NC(=O)[C@H](CCCCN)NC(=O)[C@H](C)N)C(=O)N[C@@H](Cc1ccc(O)cc1)C(=O)N[C@@H](Cc1ccc(OC)cc1)C(=O)O. The van der Waals surface area contributed by atoms with E-state index in [0.29, 0.717) is 55.6 Å². The Morgan fingerprint density at radius 2 is 1.07 bits per heavy atom. The van der Waals surface area contributed by atoms with Gasteiger partial charge in [-0.3, -0.25) is 24.0 Å². The average Bonchev–Trinajstić information content (AvgIpc) is 3.17. The summed E-state index contributed by atoms with van der Waals surface area (Å²) < 4.78 is 5.16. The fourth-order valence-corrected chi connectivity index (χ4v) is 5.59. The predicted molar refractivity (Wildman–Crippen MR) is 210 cm³/mol. The maximum absolute atomic E-state index is 13.8. The van der Waals surface area contributed by atoms with Crippen molar-refractivity contribution < 1.29 is 43.7 Å². The van der Waals surface area contributed by atoms with Gasteiger partial charge in [-0.25, -0.2) is 4.79 Å². The number of benzene rings is 2. The van der Waals surface area contributed by atoms with Crippen LogP contribution in [0, 0.1) is 0 Å². The minimum absolute atomic E-state index is 0.0238. The number of unbranched alkanes of at least 4 members (excludes halogenated alkanes) is 2. The van der Waals surface area contributed by atoms with Gasteiger partial charge in [-0.15, -0.1) is 6.58 Å². The standard InChI is InChI=1S/C39H58N8O9/c1-4-9-29(44-37(52)31(11-6-8-21-41)45-36(51)30(10-5-7-20-40)43-34(49)24(2)42)35(50)46-32(22-25-12-16-27(48)17-13-25)38(53)47-33(39(54)55)23-26-14-18-28(56-3)19-15-26/h4,12-19,24,29-33,48H,1,5-11,20-23,40-42H2,2-3H3,(H,43,49)(H,44,52)(H,45,51)(H,46,50)(H,47,53)(H,54,55)/t24-,29-,30-,31-,32-,33-/m0/s1. The Hall–Kier alpha value is -5.52. The topological polar surface area (TPSA) is 290 Å². The summed E-state index contributed by atoms with van der Waals surface area (Å²) in [6, 6.07) is 5.58. The Labute approximate surface area is 327 Å². The highest BCUT2D eigenvalue weighted by atomic mass is 16.5. The number of carbonyl (C=O) groups is 6. The van der Waals surface area contributed by atoms with E-state index in [0.717, 1.165) is 0 Å². The molecule has 0 saturated heterocycles. The first-order valence-electron chi connectivity index (χ1n) is 18.6. The minimum atomic E-state index is -1.37. The number of amides is 5. The minimum Gasteiger partial charge on any atom is -0.508 e. The van der Waals surface area contributed by atoms with Crippen molar-refractivity contribution in [3.8, 4) is 11.5 Å². The van der Waals surface area contributed by atoms with Gasteiger partial charge >= 0.3 is 5.97 Å². The van der Waals surface area contributed by atoms with E-state index in [1.165, 1.54) is 32.2 Å². The third-order valence-corrected chi connectivity index (χ3v) is 8.83. The molecule has 0 fully saturated rings. The van der Waals surface area contributed by atoms with Gasteiger partial charge < -0.3 is 58.7 Å². The lowest BCUT2D eigenvalue weighted by molar-refractivity contribution is -0.142. The van der Waals surface area contributed by atoms with Gasteiger partial charge in [-0.2, -0.15) is 0 Å². The molecule has 13 N–H and O–H groups in total. The lowest BCUT2D eigenvalue weighted by Gasteiger charge is -2.27. The van der Waals surface area contributed by atoms with E-state index in [1.807, 2.05) is 0 Å². The molecule has 0 saturated carbocycles. The van der Waals surface area contributed by atoms with Gasteiger partial charge in [-0.05, 0) is 100 Å². The molecule has 17 nitrogen and oxygen atoms in total. The number of phenols is 1. The van der Waals surface area contributed by atoms with Gasteiger partial charge in [0.15, 0.2) is 0 Å². The summed E-state index contributed by atoms with van der Waals surface area (Å²) in [6.45, 7) is 5.89. The highest BCUT2D eigenvalue weighted by Crippen LogP contribution is 2.15. The fraction of sp³-hybridized carbons (Fsp3) is 0.487. The van der Waals surface area contributed by atoms with Crippen LogP contribution in [0.15, 0.2) is 61.2 Å². The quantitative estimate of drug-likeness (QED) is 0.0442. The Morgan fingerprint density at radius 1 is 0.661 bits per heavy atom. The van der Waals surface area contributed by atoms with Crippen LogP contribution < -0.4 is 48.5 Å². The van der Waals surface area contributed by atoms with Crippen LogP contribution in [0.2, 0.25) is 0 Å². The summed E-state index contributed by atoms with van der Waals surface area (Å²) in [5.41, 5.74) is 18.1. The number of hydrogen-bond donors (Lipinski definition) is 10. The Kier molecular flexibility index (Phi) is 20.7. The van der Waals surface area contributed by atoms with Crippen LogP contribution in [0.5, 0.6) is 11.5 Å². The normalized spacial score (nSPS) is 14.1. The maximum atomic E-state index is 13.8. The summed E-state index contributed by atoms with van der Waals surface area (Å²) in [7, 11) is 1.50. The predicted octanol–water partition coefficient (Wildman–Crippen LogP) is -0.124. The van der Waals surface area contributed by atoms with Crippen molar-refractivity contribution in [3.63, 3.8) is 0 Å². The van der Waals surface area contributed by atoms with E-state index in [1.54, 1.807) is 36.4 Å². The fourth-order valence-electron chi connectivity index (χ4n) is 5.59. The third kappa shape index (κ3) is 16.5. The first-order chi connectivity index (χ1) is 26.7. The van der Waals surface area contributed by atoms with E-state index in [9.17, 15) is 39.0 Å². The molecule has 56 heavy (non-hydrogen) atoms. The van der Waals surface area contributed by atoms with Gasteiger partial charge in [0.1, 0.15) is 41.7 Å². The van der Waals surface area contributed by atoms with E-state index in [4.69, 9.17) is 21.9 Å². The molecule has 0 spiro atoms. The molecule has 0 bridgehead atoms. The number of ether oxygens (including phenoxy) is 1. The van der Waals surface area contributed by atoms with E-state index >= 15 is 0 Å². The van der Waals surface area contributed by atoms with Crippen LogP contribution >= 0.6 is 0 Å². The second-order valence-corrected chi connectivity index (χ2v) is 13.4. The number of hydrogen-bond acceptors (Lipinski definition) is 11. The second-order valence-electron chi connectivity index (χ2n) is 13.4. The largest absolute Gasteiger partial charge is 0.508 e. The van der Waals surface area contributed by atoms with Crippen molar-refractivity contribution in [1.29, 1.82) is 0 Å². The second kappa shape index (κ2) is 24.8. The number of carbonyl (C=O) groups excluding carboxylic acids is 5. The van der Waals surface area contributed by atoms with Gasteiger partial charge in [0, 0.05) is 12.8 Å². The lowest BCUT2D eigenvalue weighted by atomic mass is 10.0. The molecule has 2 rings (SSSR count). The molecule has 6 atom stereocenters.